The van der Waals surface area contributed by atoms with Gasteiger partial charge < -0.3 is 15.2 Å². The topological polar surface area (TPSA) is 84.6 Å². The van der Waals surface area contributed by atoms with E-state index in [0.29, 0.717) is 23.6 Å². The van der Waals surface area contributed by atoms with Gasteiger partial charge in [-0.15, -0.1) is 0 Å². The molecule has 1 aliphatic heterocycles. The van der Waals surface area contributed by atoms with E-state index in [2.05, 4.69) is 5.32 Å². The normalized spacial score (nSPS) is 16.1. The second kappa shape index (κ2) is 4.97. The predicted octanol–water partition coefficient (Wildman–Crippen LogP) is 3.15. The lowest BCUT2D eigenvalue weighted by Crippen LogP contribution is -2.13. The Balaban J connectivity index is 1.90. The summed E-state index contributed by atoms with van der Waals surface area (Å²) in [4.78, 5) is 10.6. The first-order valence-corrected chi connectivity index (χ1v) is 6.52. The number of nitro benzene ring substituents is 1. The van der Waals surface area contributed by atoms with E-state index in [1.54, 1.807) is 37.3 Å². The molecule has 0 aliphatic carbocycles. The minimum Gasteiger partial charge on any atom is -0.508 e. The Bertz CT molecular complexity index is 715. The Morgan fingerprint density at radius 3 is 2.95 bits per heavy atom. The van der Waals surface area contributed by atoms with Gasteiger partial charge in [-0.2, -0.15) is 0 Å². The van der Waals surface area contributed by atoms with Crippen LogP contribution < -0.4 is 10.1 Å². The maximum Gasteiger partial charge on any atom is 0.274 e. The Hall–Kier alpha value is -2.76. The fourth-order valence-corrected chi connectivity index (χ4v) is 2.48. The Kier molecular flexibility index (Phi) is 3.13. The molecular weight excluding hydrogens is 272 g/mol. The van der Waals surface area contributed by atoms with Crippen LogP contribution in [0.2, 0.25) is 0 Å². The highest BCUT2D eigenvalue weighted by atomic mass is 16.6. The van der Waals surface area contributed by atoms with Crippen LogP contribution in [0.25, 0.3) is 0 Å². The van der Waals surface area contributed by atoms with E-state index in [1.165, 1.54) is 6.07 Å². The fourth-order valence-electron chi connectivity index (χ4n) is 2.48. The summed E-state index contributed by atoms with van der Waals surface area (Å²) in [6, 6.07) is 9.81. The van der Waals surface area contributed by atoms with E-state index in [9.17, 15) is 15.2 Å². The van der Waals surface area contributed by atoms with Crippen molar-refractivity contribution in [2.45, 2.75) is 13.0 Å². The van der Waals surface area contributed by atoms with E-state index in [1.807, 2.05) is 0 Å². The third kappa shape index (κ3) is 2.35. The van der Waals surface area contributed by atoms with Crippen molar-refractivity contribution in [1.82, 2.24) is 0 Å². The summed E-state index contributed by atoms with van der Waals surface area (Å²) in [7, 11) is 0. The molecule has 0 bridgehead atoms. The zero-order valence-electron chi connectivity index (χ0n) is 11.4. The SMILES string of the molecule is Cc1c(NC2COc3cc(O)ccc32)cccc1[N+](=O)[O-]. The van der Waals surface area contributed by atoms with Crippen LogP contribution in [0.3, 0.4) is 0 Å². The molecule has 2 aromatic carbocycles. The van der Waals surface area contributed by atoms with E-state index in [0.717, 1.165) is 5.56 Å². The molecule has 0 fully saturated rings. The molecule has 3 rings (SSSR count). The molecule has 0 aromatic heterocycles. The number of nitrogens with one attached hydrogen (secondary N) is 1. The van der Waals surface area contributed by atoms with Crippen LogP contribution >= 0.6 is 0 Å². The molecule has 108 valence electrons. The van der Waals surface area contributed by atoms with Crippen molar-refractivity contribution in [2.24, 2.45) is 0 Å². The Morgan fingerprint density at radius 1 is 1.38 bits per heavy atom. The molecule has 0 amide bonds. The first-order valence-electron chi connectivity index (χ1n) is 6.52. The first kappa shape index (κ1) is 13.2. The van der Waals surface area contributed by atoms with E-state index in [-0.39, 0.29) is 17.5 Å². The average molecular weight is 286 g/mol. The highest BCUT2D eigenvalue weighted by Gasteiger charge is 2.25. The molecule has 1 unspecified atom stereocenters. The zero-order valence-corrected chi connectivity index (χ0v) is 11.4. The maximum atomic E-state index is 11.0. The van der Waals surface area contributed by atoms with Crippen LogP contribution in [-0.4, -0.2) is 16.6 Å². The molecule has 6 nitrogen and oxygen atoms in total. The molecule has 21 heavy (non-hydrogen) atoms. The number of hydrogen-bond donors (Lipinski definition) is 2. The Morgan fingerprint density at radius 2 is 2.19 bits per heavy atom. The molecule has 1 aliphatic rings. The fraction of sp³-hybridized carbons (Fsp3) is 0.200. The molecule has 0 saturated heterocycles. The molecular formula is C15H14N2O4. The van der Waals surface area contributed by atoms with Crippen LogP contribution in [0.5, 0.6) is 11.5 Å². The molecule has 0 spiro atoms. The lowest BCUT2D eigenvalue weighted by Gasteiger charge is -2.15. The number of ether oxygens (including phenoxy) is 1. The summed E-state index contributed by atoms with van der Waals surface area (Å²) in [5.74, 6) is 0.788. The van der Waals surface area contributed by atoms with Crippen molar-refractivity contribution in [3.8, 4) is 11.5 Å². The number of rotatable bonds is 3. The number of anilines is 1. The van der Waals surface area contributed by atoms with Crippen molar-refractivity contribution < 1.29 is 14.8 Å². The number of aromatic hydroxyl groups is 1. The van der Waals surface area contributed by atoms with Crippen molar-refractivity contribution in [3.63, 3.8) is 0 Å². The van der Waals surface area contributed by atoms with Crippen molar-refractivity contribution in [2.75, 3.05) is 11.9 Å². The number of nitrogens with zero attached hydrogens (tertiary/aromatic N) is 1. The number of phenolic OH excluding ortho intramolecular Hbond substituents is 1. The van der Waals surface area contributed by atoms with Gasteiger partial charge in [-0.05, 0) is 25.1 Å². The van der Waals surface area contributed by atoms with Crippen LogP contribution in [-0.2, 0) is 0 Å². The summed E-state index contributed by atoms with van der Waals surface area (Å²) < 4.78 is 5.53. The number of hydrogen-bond acceptors (Lipinski definition) is 5. The van der Waals surface area contributed by atoms with Gasteiger partial charge in [0.2, 0.25) is 0 Å². The van der Waals surface area contributed by atoms with Gasteiger partial charge in [0.1, 0.15) is 18.1 Å². The quantitative estimate of drug-likeness (QED) is 0.668. The van der Waals surface area contributed by atoms with Gasteiger partial charge in [-0.1, -0.05) is 6.07 Å². The minimum atomic E-state index is -0.391. The first-order chi connectivity index (χ1) is 10.1. The Labute approximate surface area is 121 Å². The lowest BCUT2D eigenvalue weighted by molar-refractivity contribution is -0.385. The second-order valence-electron chi connectivity index (χ2n) is 4.94. The van der Waals surface area contributed by atoms with E-state index >= 15 is 0 Å². The molecule has 2 aromatic rings. The van der Waals surface area contributed by atoms with Crippen LogP contribution in [0.1, 0.15) is 17.2 Å². The smallest absolute Gasteiger partial charge is 0.274 e. The highest BCUT2D eigenvalue weighted by molar-refractivity contribution is 5.61. The third-order valence-electron chi connectivity index (χ3n) is 3.61. The largest absolute Gasteiger partial charge is 0.508 e. The van der Waals surface area contributed by atoms with Crippen LogP contribution in [0, 0.1) is 17.0 Å². The standard InChI is InChI=1S/C15H14N2O4/c1-9-12(3-2-4-14(9)17(19)20)16-13-8-21-15-7-10(18)5-6-11(13)15/h2-7,13,16,18H,8H2,1H3. The summed E-state index contributed by atoms with van der Waals surface area (Å²) in [5.41, 5.74) is 2.32. The number of benzene rings is 2. The van der Waals surface area contributed by atoms with Gasteiger partial charge in [0.25, 0.3) is 5.69 Å². The zero-order chi connectivity index (χ0) is 15.0. The van der Waals surface area contributed by atoms with Crippen molar-refractivity contribution >= 4 is 11.4 Å². The van der Waals surface area contributed by atoms with Gasteiger partial charge in [0.05, 0.1) is 11.0 Å². The van der Waals surface area contributed by atoms with Crippen LogP contribution in [0.4, 0.5) is 11.4 Å². The molecule has 0 radical (unpaired) electrons. The summed E-state index contributed by atoms with van der Waals surface area (Å²) >= 11 is 0. The molecule has 6 heteroatoms. The number of fused-ring (bicyclic) bond motifs is 1. The van der Waals surface area contributed by atoms with E-state index < -0.39 is 4.92 Å². The maximum absolute atomic E-state index is 11.0. The molecule has 0 saturated carbocycles. The van der Waals surface area contributed by atoms with Gasteiger partial charge in [0.15, 0.2) is 0 Å². The number of phenols is 1. The highest BCUT2D eigenvalue weighted by Crippen LogP contribution is 2.37. The summed E-state index contributed by atoms with van der Waals surface area (Å²) in [6.07, 6.45) is 0. The monoisotopic (exact) mass is 286 g/mol. The lowest BCUT2D eigenvalue weighted by atomic mass is 10.1. The summed E-state index contributed by atoms with van der Waals surface area (Å²) in [6.45, 7) is 2.13. The molecule has 2 N–H and O–H groups in total. The van der Waals surface area contributed by atoms with Gasteiger partial charge >= 0.3 is 0 Å². The third-order valence-corrected chi connectivity index (χ3v) is 3.61. The summed E-state index contributed by atoms with van der Waals surface area (Å²) in [5, 5.41) is 23.7. The molecule has 1 heterocycles. The predicted molar refractivity (Wildman–Crippen MR) is 77.8 cm³/mol. The molecule has 1 atom stereocenters. The number of nitro groups is 1. The van der Waals surface area contributed by atoms with Crippen LogP contribution in [0.15, 0.2) is 36.4 Å². The van der Waals surface area contributed by atoms with E-state index in [4.69, 9.17) is 4.74 Å². The minimum absolute atomic E-state index is 0.0878. The van der Waals surface area contributed by atoms with Crippen molar-refractivity contribution in [3.05, 3.63) is 57.6 Å². The van der Waals surface area contributed by atoms with Crippen molar-refractivity contribution in [1.29, 1.82) is 0 Å². The average Bonchev–Trinajstić information content (AvgIpc) is 2.83. The van der Waals surface area contributed by atoms with Gasteiger partial charge in [-0.3, -0.25) is 10.1 Å². The van der Waals surface area contributed by atoms with Gasteiger partial charge in [-0.25, -0.2) is 0 Å². The van der Waals surface area contributed by atoms with Gasteiger partial charge in [0, 0.05) is 28.9 Å². The second-order valence-corrected chi connectivity index (χ2v) is 4.94.